The average molecular weight is 275 g/mol. The molecule has 2 heteroatoms. The van der Waals surface area contributed by atoms with Gasteiger partial charge in [0.1, 0.15) is 0 Å². The van der Waals surface area contributed by atoms with Crippen LogP contribution in [0.25, 0.3) is 0 Å². The van der Waals surface area contributed by atoms with Gasteiger partial charge in [-0.25, -0.2) is 0 Å². The van der Waals surface area contributed by atoms with Crippen molar-refractivity contribution in [2.45, 2.75) is 65.6 Å². The molecule has 1 aliphatic rings. The normalized spacial score (nSPS) is 21.9. The summed E-state index contributed by atoms with van der Waals surface area (Å²) in [5, 5.41) is 3.75. The second-order valence-corrected chi connectivity index (χ2v) is 6.74. The molecule has 1 aromatic rings. The summed E-state index contributed by atoms with van der Waals surface area (Å²) in [7, 11) is 0. The highest BCUT2D eigenvalue weighted by atomic mass is 16.5. The first-order valence-corrected chi connectivity index (χ1v) is 7.98. The van der Waals surface area contributed by atoms with E-state index in [0.717, 1.165) is 19.8 Å². The van der Waals surface area contributed by atoms with E-state index in [4.69, 9.17) is 4.74 Å². The number of ether oxygens (including phenoxy) is 1. The lowest BCUT2D eigenvalue weighted by Crippen LogP contribution is -2.37. The van der Waals surface area contributed by atoms with Gasteiger partial charge in [0, 0.05) is 19.2 Å². The van der Waals surface area contributed by atoms with Crippen molar-refractivity contribution >= 4 is 0 Å². The smallest absolute Gasteiger partial charge is 0.0719 e. The minimum atomic E-state index is 0.501. The van der Waals surface area contributed by atoms with Crippen molar-refractivity contribution in [1.82, 2.24) is 5.32 Å². The monoisotopic (exact) mass is 275 g/mol. The third-order valence-corrected chi connectivity index (χ3v) is 4.37. The maximum Gasteiger partial charge on any atom is 0.0719 e. The van der Waals surface area contributed by atoms with Gasteiger partial charge in [-0.05, 0) is 42.7 Å². The summed E-state index contributed by atoms with van der Waals surface area (Å²) < 4.78 is 5.56. The van der Waals surface area contributed by atoms with E-state index in [1.807, 2.05) is 6.92 Å². The Hall–Kier alpha value is -0.860. The Morgan fingerprint density at radius 2 is 2.00 bits per heavy atom. The van der Waals surface area contributed by atoms with E-state index < -0.39 is 0 Å². The number of hydrogen-bond acceptors (Lipinski definition) is 2. The van der Waals surface area contributed by atoms with Crippen molar-refractivity contribution in [3.63, 3.8) is 0 Å². The predicted molar refractivity (Wildman–Crippen MR) is 84.6 cm³/mol. The van der Waals surface area contributed by atoms with E-state index in [0.29, 0.717) is 11.5 Å². The van der Waals surface area contributed by atoms with Crippen LogP contribution in [0, 0.1) is 5.41 Å². The summed E-state index contributed by atoms with van der Waals surface area (Å²) in [4.78, 5) is 0. The zero-order valence-corrected chi connectivity index (χ0v) is 13.2. The highest BCUT2D eigenvalue weighted by Crippen LogP contribution is 2.35. The lowest BCUT2D eigenvalue weighted by molar-refractivity contribution is 0.133. The summed E-state index contributed by atoms with van der Waals surface area (Å²) in [6, 6.07) is 9.28. The van der Waals surface area contributed by atoms with Crippen LogP contribution in [0.2, 0.25) is 0 Å². The molecule has 0 spiro atoms. The molecule has 0 bridgehead atoms. The van der Waals surface area contributed by atoms with Crippen LogP contribution < -0.4 is 5.32 Å². The van der Waals surface area contributed by atoms with Gasteiger partial charge in [0.2, 0.25) is 0 Å². The minimum absolute atomic E-state index is 0.501. The Morgan fingerprint density at radius 3 is 2.70 bits per heavy atom. The molecular weight excluding hydrogens is 246 g/mol. The van der Waals surface area contributed by atoms with Gasteiger partial charge in [-0.15, -0.1) is 0 Å². The van der Waals surface area contributed by atoms with Gasteiger partial charge in [0.25, 0.3) is 0 Å². The van der Waals surface area contributed by atoms with Crippen LogP contribution in [0.5, 0.6) is 0 Å². The number of hydrogen-bond donors (Lipinski definition) is 1. The summed E-state index contributed by atoms with van der Waals surface area (Å²) in [5.74, 6) is 0. The van der Waals surface area contributed by atoms with Crippen molar-refractivity contribution in [2.24, 2.45) is 5.41 Å². The zero-order valence-electron chi connectivity index (χ0n) is 13.2. The topological polar surface area (TPSA) is 21.3 Å². The molecule has 0 aliphatic heterocycles. The van der Waals surface area contributed by atoms with Gasteiger partial charge in [-0.3, -0.25) is 0 Å². The van der Waals surface area contributed by atoms with Gasteiger partial charge < -0.3 is 10.1 Å². The van der Waals surface area contributed by atoms with Crippen molar-refractivity contribution in [3.8, 4) is 0 Å². The second-order valence-electron chi connectivity index (χ2n) is 6.74. The fourth-order valence-corrected chi connectivity index (χ4v) is 3.21. The molecule has 112 valence electrons. The molecule has 1 N–H and O–H groups in total. The second kappa shape index (κ2) is 7.24. The molecule has 2 rings (SSSR count). The molecule has 0 radical (unpaired) electrons. The largest absolute Gasteiger partial charge is 0.377 e. The van der Waals surface area contributed by atoms with Crippen LogP contribution in [-0.4, -0.2) is 12.6 Å². The van der Waals surface area contributed by atoms with Gasteiger partial charge in [0.15, 0.2) is 0 Å². The minimum Gasteiger partial charge on any atom is -0.377 e. The molecule has 1 atom stereocenters. The van der Waals surface area contributed by atoms with Crippen molar-refractivity contribution in [1.29, 1.82) is 0 Å². The van der Waals surface area contributed by atoms with Crippen LogP contribution >= 0.6 is 0 Å². The van der Waals surface area contributed by atoms with E-state index >= 15 is 0 Å². The van der Waals surface area contributed by atoms with Gasteiger partial charge in [-0.1, -0.05) is 44.5 Å². The Bertz CT molecular complexity index is 414. The molecule has 0 aromatic heterocycles. The highest BCUT2D eigenvalue weighted by Gasteiger charge is 2.27. The molecular formula is C18H29NO. The van der Waals surface area contributed by atoms with Crippen LogP contribution in [-0.2, 0) is 17.9 Å². The van der Waals surface area contributed by atoms with Crippen molar-refractivity contribution < 1.29 is 4.74 Å². The quantitative estimate of drug-likeness (QED) is 0.836. The van der Waals surface area contributed by atoms with Crippen molar-refractivity contribution in [2.75, 3.05) is 6.61 Å². The Morgan fingerprint density at radius 1 is 1.25 bits per heavy atom. The van der Waals surface area contributed by atoms with E-state index in [9.17, 15) is 0 Å². The summed E-state index contributed by atoms with van der Waals surface area (Å²) >= 11 is 0. The molecule has 1 saturated carbocycles. The molecule has 2 nitrogen and oxygen atoms in total. The maximum atomic E-state index is 5.56. The molecule has 1 unspecified atom stereocenters. The van der Waals surface area contributed by atoms with E-state index in [2.05, 4.69) is 43.4 Å². The lowest BCUT2D eigenvalue weighted by atomic mass is 9.75. The molecule has 20 heavy (non-hydrogen) atoms. The standard InChI is InChI=1S/C18H29NO/c1-4-20-14-16-9-6-5-8-15(16)13-19-17-10-7-11-18(2,3)12-17/h5-6,8-9,17,19H,4,7,10-14H2,1-3H3. The third kappa shape index (κ3) is 4.60. The summed E-state index contributed by atoms with van der Waals surface area (Å²) in [5.41, 5.74) is 3.20. The first kappa shape index (κ1) is 15.5. The van der Waals surface area contributed by atoms with Crippen LogP contribution in [0.3, 0.4) is 0 Å². The Balaban J connectivity index is 1.90. The van der Waals surface area contributed by atoms with Gasteiger partial charge >= 0.3 is 0 Å². The molecule has 1 aromatic carbocycles. The van der Waals surface area contributed by atoms with Gasteiger partial charge in [0.05, 0.1) is 6.61 Å². The Labute approximate surface area is 123 Å². The maximum absolute atomic E-state index is 5.56. The number of rotatable bonds is 6. The van der Waals surface area contributed by atoms with Crippen molar-refractivity contribution in [3.05, 3.63) is 35.4 Å². The molecule has 0 amide bonds. The fourth-order valence-electron chi connectivity index (χ4n) is 3.21. The highest BCUT2D eigenvalue weighted by molar-refractivity contribution is 5.26. The van der Waals surface area contributed by atoms with E-state index in [1.54, 1.807) is 0 Å². The fraction of sp³-hybridized carbons (Fsp3) is 0.667. The van der Waals surface area contributed by atoms with Crippen LogP contribution in [0.1, 0.15) is 57.6 Å². The third-order valence-electron chi connectivity index (χ3n) is 4.37. The van der Waals surface area contributed by atoms with Gasteiger partial charge in [-0.2, -0.15) is 0 Å². The first-order chi connectivity index (χ1) is 9.61. The SMILES string of the molecule is CCOCc1ccccc1CNC1CCCC(C)(C)C1. The molecule has 1 aliphatic carbocycles. The van der Waals surface area contributed by atoms with E-state index in [1.165, 1.54) is 36.8 Å². The average Bonchev–Trinajstić information content (AvgIpc) is 2.43. The predicted octanol–water partition coefficient (Wildman–Crippen LogP) is 4.28. The molecule has 0 heterocycles. The molecule has 1 fully saturated rings. The lowest BCUT2D eigenvalue weighted by Gasteiger charge is -2.35. The summed E-state index contributed by atoms with van der Waals surface area (Å²) in [6.45, 7) is 9.30. The molecule has 0 saturated heterocycles. The number of nitrogens with one attached hydrogen (secondary N) is 1. The zero-order chi connectivity index (χ0) is 14.4. The number of benzene rings is 1. The van der Waals surface area contributed by atoms with Crippen LogP contribution in [0.4, 0.5) is 0 Å². The summed E-state index contributed by atoms with van der Waals surface area (Å²) in [6.07, 6.45) is 5.33. The van der Waals surface area contributed by atoms with E-state index in [-0.39, 0.29) is 0 Å². The van der Waals surface area contributed by atoms with Crippen LogP contribution in [0.15, 0.2) is 24.3 Å². The Kier molecular flexibility index (Phi) is 5.62. The first-order valence-electron chi connectivity index (χ1n) is 7.98.